The average Bonchev–Trinajstić information content (AvgIpc) is 2.70. The van der Waals surface area contributed by atoms with Crippen LogP contribution in [0.1, 0.15) is 36.4 Å². The van der Waals surface area contributed by atoms with Crippen molar-refractivity contribution in [3.05, 3.63) is 69.7 Å². The Balaban J connectivity index is 1.75. The molecule has 1 fully saturated rings. The molecule has 1 amide bonds. The van der Waals surface area contributed by atoms with Gasteiger partial charge >= 0.3 is 0 Å². The van der Waals surface area contributed by atoms with Gasteiger partial charge in [0.2, 0.25) is 0 Å². The van der Waals surface area contributed by atoms with Gasteiger partial charge in [0, 0.05) is 6.54 Å². The second-order valence-electron chi connectivity index (χ2n) is 6.95. The molecule has 4 nitrogen and oxygen atoms in total. The molecule has 27 heavy (non-hydrogen) atoms. The third kappa shape index (κ3) is 5.45. The Morgan fingerprint density at radius 1 is 1.04 bits per heavy atom. The van der Waals surface area contributed by atoms with E-state index in [-0.39, 0.29) is 12.3 Å². The van der Waals surface area contributed by atoms with E-state index >= 15 is 0 Å². The maximum Gasteiger partial charge on any atom is 0.250 e. The van der Waals surface area contributed by atoms with Crippen molar-refractivity contribution in [1.29, 1.82) is 0 Å². The Morgan fingerprint density at radius 2 is 1.74 bits per heavy atom. The third-order valence-electron chi connectivity index (χ3n) is 4.95. The molecule has 1 aliphatic heterocycles. The molecule has 3 rings (SSSR count). The molecule has 1 heterocycles. The summed E-state index contributed by atoms with van der Waals surface area (Å²) in [6, 6.07) is 14.4. The van der Waals surface area contributed by atoms with Crippen molar-refractivity contribution in [1.82, 2.24) is 9.96 Å². The van der Waals surface area contributed by atoms with Gasteiger partial charge in [-0.2, -0.15) is 0 Å². The molecule has 0 saturated carbocycles. The molecule has 2 aromatic carbocycles. The predicted octanol–water partition coefficient (Wildman–Crippen LogP) is 4.98. The Morgan fingerprint density at radius 3 is 2.41 bits per heavy atom. The number of likely N-dealkylation sites (tertiary alicyclic amines) is 1. The van der Waals surface area contributed by atoms with Gasteiger partial charge in [0.1, 0.15) is 0 Å². The first-order valence-electron chi connectivity index (χ1n) is 9.27. The number of carbonyl (C=O) groups excluding carboxylic acids is 1. The number of hydrogen-bond acceptors (Lipinski definition) is 3. The van der Waals surface area contributed by atoms with Crippen LogP contribution >= 0.6 is 23.2 Å². The highest BCUT2D eigenvalue weighted by Gasteiger charge is 2.27. The minimum atomic E-state index is -0.403. The summed E-state index contributed by atoms with van der Waals surface area (Å²) in [6.07, 6.45) is 3.62. The van der Waals surface area contributed by atoms with Crippen LogP contribution in [0.3, 0.4) is 0 Å². The first-order chi connectivity index (χ1) is 13.0. The molecule has 0 spiro atoms. The number of nitrogens with zero attached hydrogens (tertiary/aromatic N) is 2. The van der Waals surface area contributed by atoms with E-state index in [0.29, 0.717) is 16.6 Å². The van der Waals surface area contributed by atoms with Crippen molar-refractivity contribution in [2.75, 3.05) is 19.6 Å². The van der Waals surface area contributed by atoms with Gasteiger partial charge < -0.3 is 4.90 Å². The number of piperidine rings is 1. The Kier molecular flexibility index (Phi) is 7.13. The molecular weight excluding hydrogens is 383 g/mol. The number of rotatable bonds is 6. The van der Waals surface area contributed by atoms with Crippen molar-refractivity contribution in [3.8, 4) is 0 Å². The Hall–Kier alpha value is -1.59. The van der Waals surface area contributed by atoms with Crippen molar-refractivity contribution in [2.24, 2.45) is 0 Å². The zero-order valence-corrected chi connectivity index (χ0v) is 16.7. The molecule has 1 N–H and O–H groups in total. The summed E-state index contributed by atoms with van der Waals surface area (Å²) in [5, 5.41) is 12.5. The Bertz CT molecular complexity index is 764. The third-order valence-corrected chi connectivity index (χ3v) is 5.69. The van der Waals surface area contributed by atoms with Gasteiger partial charge in [0.25, 0.3) is 5.91 Å². The molecule has 1 unspecified atom stereocenters. The largest absolute Gasteiger partial charge is 0.301 e. The fraction of sp³-hybridized carbons (Fsp3) is 0.381. The lowest BCUT2D eigenvalue weighted by Crippen LogP contribution is -2.42. The smallest absolute Gasteiger partial charge is 0.250 e. The van der Waals surface area contributed by atoms with Crippen molar-refractivity contribution < 1.29 is 10.0 Å². The molecule has 0 bridgehead atoms. The van der Waals surface area contributed by atoms with Crippen LogP contribution in [0.15, 0.2) is 48.5 Å². The van der Waals surface area contributed by atoms with Crippen LogP contribution in [-0.2, 0) is 11.2 Å². The fourth-order valence-electron chi connectivity index (χ4n) is 3.46. The van der Waals surface area contributed by atoms with E-state index in [9.17, 15) is 10.0 Å². The van der Waals surface area contributed by atoms with Gasteiger partial charge in [-0.05, 0) is 49.2 Å². The summed E-state index contributed by atoms with van der Waals surface area (Å²) < 4.78 is 0. The van der Waals surface area contributed by atoms with Crippen LogP contribution in [0.4, 0.5) is 0 Å². The van der Waals surface area contributed by atoms with E-state index in [2.05, 4.69) is 4.90 Å². The van der Waals surface area contributed by atoms with E-state index in [1.165, 1.54) is 6.42 Å². The highest BCUT2D eigenvalue weighted by Crippen LogP contribution is 2.25. The zero-order chi connectivity index (χ0) is 19.2. The van der Waals surface area contributed by atoms with Crippen molar-refractivity contribution >= 4 is 29.1 Å². The zero-order valence-electron chi connectivity index (χ0n) is 15.2. The summed E-state index contributed by atoms with van der Waals surface area (Å²) in [5.74, 6) is -0.362. The molecular formula is C21H24Cl2N2O2. The van der Waals surface area contributed by atoms with E-state index < -0.39 is 6.04 Å². The van der Waals surface area contributed by atoms with Gasteiger partial charge in [-0.15, -0.1) is 0 Å². The lowest BCUT2D eigenvalue weighted by Gasteiger charge is -2.34. The number of benzene rings is 2. The van der Waals surface area contributed by atoms with Crippen LogP contribution in [-0.4, -0.2) is 40.7 Å². The monoisotopic (exact) mass is 406 g/mol. The number of carbonyl (C=O) groups is 1. The molecule has 0 aromatic heterocycles. The van der Waals surface area contributed by atoms with Gasteiger partial charge in [-0.25, -0.2) is 5.06 Å². The van der Waals surface area contributed by atoms with Gasteiger partial charge in [-0.3, -0.25) is 10.0 Å². The predicted molar refractivity (Wildman–Crippen MR) is 108 cm³/mol. The number of hydroxylamine groups is 2. The maximum atomic E-state index is 12.7. The van der Waals surface area contributed by atoms with Crippen molar-refractivity contribution in [2.45, 2.75) is 31.7 Å². The topological polar surface area (TPSA) is 43.8 Å². The molecule has 2 aromatic rings. The van der Waals surface area contributed by atoms with Crippen LogP contribution in [0.5, 0.6) is 0 Å². The fourth-order valence-corrected chi connectivity index (χ4v) is 3.79. The van der Waals surface area contributed by atoms with Gasteiger partial charge in [-0.1, -0.05) is 66.0 Å². The summed E-state index contributed by atoms with van der Waals surface area (Å²) in [5.41, 5.74) is 1.64. The van der Waals surface area contributed by atoms with E-state index in [4.69, 9.17) is 23.2 Å². The van der Waals surface area contributed by atoms with Gasteiger partial charge in [0.15, 0.2) is 0 Å². The lowest BCUT2D eigenvalue weighted by atomic mass is 10.0. The molecule has 0 aliphatic carbocycles. The standard InChI is InChI=1S/C21H24Cl2N2O2/c22-18-10-9-16(13-19(18)23)14-21(26)25(27)20(17-7-3-1-4-8-17)15-24-11-5-2-6-12-24/h1,3-4,7-10,13,20,27H,2,5-6,11-12,14-15H2. The summed E-state index contributed by atoms with van der Waals surface area (Å²) >= 11 is 12.0. The number of amides is 1. The molecule has 6 heteroatoms. The quantitative estimate of drug-likeness (QED) is 0.543. The van der Waals surface area contributed by atoms with Gasteiger partial charge in [0.05, 0.1) is 22.5 Å². The Labute approximate surface area is 170 Å². The average molecular weight is 407 g/mol. The lowest BCUT2D eigenvalue weighted by molar-refractivity contribution is -0.178. The summed E-state index contributed by atoms with van der Waals surface area (Å²) in [7, 11) is 0. The first kappa shape index (κ1) is 20.2. The number of halogens is 2. The normalized spacial score (nSPS) is 16.1. The molecule has 1 aliphatic rings. The van der Waals surface area contributed by atoms with Crippen LogP contribution in [0, 0.1) is 0 Å². The summed E-state index contributed by atoms with van der Waals surface area (Å²) in [4.78, 5) is 15.1. The minimum Gasteiger partial charge on any atom is -0.301 e. The molecule has 144 valence electrons. The molecule has 1 saturated heterocycles. The number of hydrogen-bond donors (Lipinski definition) is 1. The van der Waals surface area contributed by atoms with E-state index in [0.717, 1.165) is 42.1 Å². The highest BCUT2D eigenvalue weighted by atomic mass is 35.5. The molecule has 1 atom stereocenters. The SMILES string of the molecule is O=C(Cc1ccc(Cl)c(Cl)c1)N(O)C(CN1CCCCC1)c1ccccc1. The van der Waals surface area contributed by atoms with Crippen LogP contribution in [0.2, 0.25) is 10.0 Å². The minimum absolute atomic E-state index is 0.0662. The highest BCUT2D eigenvalue weighted by molar-refractivity contribution is 6.42. The van der Waals surface area contributed by atoms with Crippen LogP contribution < -0.4 is 0 Å². The van der Waals surface area contributed by atoms with E-state index in [1.54, 1.807) is 18.2 Å². The second-order valence-corrected chi connectivity index (χ2v) is 7.77. The maximum absolute atomic E-state index is 12.7. The summed E-state index contributed by atoms with van der Waals surface area (Å²) in [6.45, 7) is 2.62. The first-order valence-corrected chi connectivity index (χ1v) is 10.0. The molecule has 0 radical (unpaired) electrons. The second kappa shape index (κ2) is 9.56. The van der Waals surface area contributed by atoms with Crippen molar-refractivity contribution in [3.63, 3.8) is 0 Å². The van der Waals surface area contributed by atoms with E-state index in [1.807, 2.05) is 30.3 Å². The van der Waals surface area contributed by atoms with Crippen LogP contribution in [0.25, 0.3) is 0 Å².